The number of nitrogens with one attached hydrogen (secondary N) is 2. The van der Waals surface area contributed by atoms with Crippen LogP contribution >= 0.6 is 35.3 Å². The summed E-state index contributed by atoms with van der Waals surface area (Å²) in [5.74, 6) is 1.60. The molecule has 0 saturated carbocycles. The van der Waals surface area contributed by atoms with Crippen molar-refractivity contribution in [1.82, 2.24) is 30.1 Å². The fraction of sp³-hybridized carbons (Fsp3) is 0.450. The van der Waals surface area contributed by atoms with E-state index in [4.69, 9.17) is 4.74 Å². The van der Waals surface area contributed by atoms with Crippen LogP contribution in [0.5, 0.6) is 0 Å². The minimum Gasteiger partial charge on any atom is -0.379 e. The van der Waals surface area contributed by atoms with Gasteiger partial charge in [0.25, 0.3) is 0 Å². The van der Waals surface area contributed by atoms with Crippen LogP contribution in [0.3, 0.4) is 0 Å². The predicted octanol–water partition coefficient (Wildman–Crippen LogP) is 2.46. The first-order valence-electron chi connectivity index (χ1n) is 9.86. The average Bonchev–Trinajstić information content (AvgIpc) is 3.37. The number of aryl methyl sites for hydroxylation is 1. The number of morpholine rings is 1. The van der Waals surface area contributed by atoms with Crippen LogP contribution in [-0.4, -0.2) is 65.4 Å². The minimum atomic E-state index is 0. The number of hydrogen-bond donors (Lipinski definition) is 2. The largest absolute Gasteiger partial charge is 0.379 e. The highest BCUT2D eigenvalue weighted by molar-refractivity contribution is 14.0. The number of pyridine rings is 1. The lowest BCUT2D eigenvalue weighted by Crippen LogP contribution is -2.46. The van der Waals surface area contributed by atoms with Crippen LogP contribution < -0.4 is 10.6 Å². The molecule has 1 saturated heterocycles. The Balaban J connectivity index is 0.00000256. The molecule has 0 amide bonds. The molecule has 3 aromatic heterocycles. The van der Waals surface area contributed by atoms with Crippen LogP contribution in [0, 0.1) is 6.92 Å². The molecule has 4 rings (SSSR count). The number of aliphatic imine (C=N–C) groups is 1. The smallest absolute Gasteiger partial charge is 0.191 e. The van der Waals surface area contributed by atoms with Gasteiger partial charge >= 0.3 is 0 Å². The molecule has 1 aliphatic rings. The number of fused-ring (bicyclic) bond motifs is 1. The molecule has 0 aliphatic carbocycles. The van der Waals surface area contributed by atoms with E-state index in [1.54, 1.807) is 7.05 Å². The molecule has 2 N–H and O–H groups in total. The molecular weight excluding hydrogens is 513 g/mol. The molecule has 0 radical (unpaired) electrons. The molecule has 0 bridgehead atoms. The van der Waals surface area contributed by atoms with Crippen molar-refractivity contribution >= 4 is 46.9 Å². The molecule has 8 nitrogen and oxygen atoms in total. The second-order valence-corrected chi connectivity index (χ2v) is 8.28. The van der Waals surface area contributed by atoms with E-state index in [9.17, 15) is 0 Å². The third kappa shape index (κ3) is 5.48. The van der Waals surface area contributed by atoms with E-state index >= 15 is 0 Å². The second kappa shape index (κ2) is 11.0. The molecule has 162 valence electrons. The van der Waals surface area contributed by atoms with Gasteiger partial charge in [0.05, 0.1) is 25.8 Å². The highest BCUT2D eigenvalue weighted by Crippen LogP contribution is 2.27. The Morgan fingerprint density at radius 2 is 2.03 bits per heavy atom. The van der Waals surface area contributed by atoms with Crippen molar-refractivity contribution in [2.24, 2.45) is 4.99 Å². The fourth-order valence-corrected chi connectivity index (χ4v) is 4.53. The first-order chi connectivity index (χ1) is 14.2. The monoisotopic (exact) mass is 541 g/mol. The second-order valence-electron chi connectivity index (χ2n) is 6.96. The van der Waals surface area contributed by atoms with Gasteiger partial charge in [-0.3, -0.25) is 14.3 Å². The van der Waals surface area contributed by atoms with E-state index < -0.39 is 0 Å². The zero-order chi connectivity index (χ0) is 20.1. The standard InChI is InChI=1S/C20H27N7OS.HI/c1-15-6-7-17(29-15)16(26-9-11-28-12-10-26)13-22-20(21-2)23-14-19-25-24-18-5-3-4-8-27(18)19;/h3-8,16H,9-14H2,1-2H3,(H2,21,22,23);1H. The Hall–Kier alpha value is -1.76. The lowest BCUT2D eigenvalue weighted by Gasteiger charge is -2.34. The summed E-state index contributed by atoms with van der Waals surface area (Å²) in [7, 11) is 1.79. The number of rotatable bonds is 6. The zero-order valence-electron chi connectivity index (χ0n) is 17.2. The number of guanidine groups is 1. The maximum absolute atomic E-state index is 5.54. The summed E-state index contributed by atoms with van der Waals surface area (Å²) in [6.45, 7) is 6.94. The SMILES string of the molecule is CN=C(NCc1nnc2ccccn12)NCC(c1ccc(C)s1)N1CCOCC1.I. The topological polar surface area (TPSA) is 79.1 Å². The van der Waals surface area contributed by atoms with E-state index in [-0.39, 0.29) is 24.0 Å². The van der Waals surface area contributed by atoms with Gasteiger partial charge in [0.15, 0.2) is 17.4 Å². The third-order valence-corrected chi connectivity index (χ3v) is 6.16. The number of thiophene rings is 1. The van der Waals surface area contributed by atoms with Gasteiger partial charge in [-0.15, -0.1) is 45.5 Å². The van der Waals surface area contributed by atoms with Crippen LogP contribution in [0.1, 0.15) is 21.6 Å². The molecule has 0 spiro atoms. The first kappa shape index (κ1) is 22.9. The van der Waals surface area contributed by atoms with Crippen molar-refractivity contribution in [2.45, 2.75) is 19.5 Å². The number of halogens is 1. The van der Waals surface area contributed by atoms with Crippen molar-refractivity contribution in [1.29, 1.82) is 0 Å². The third-order valence-electron chi connectivity index (χ3n) is 5.06. The van der Waals surface area contributed by atoms with E-state index in [1.807, 2.05) is 40.1 Å². The summed E-state index contributed by atoms with van der Waals surface area (Å²) in [5, 5.41) is 15.3. The number of aromatic nitrogens is 3. The van der Waals surface area contributed by atoms with Crippen LogP contribution in [-0.2, 0) is 11.3 Å². The molecule has 1 fully saturated rings. The molecular formula is C20H28IN7OS. The van der Waals surface area contributed by atoms with Crippen LogP contribution in [0.25, 0.3) is 5.65 Å². The average molecular weight is 541 g/mol. The van der Waals surface area contributed by atoms with Gasteiger partial charge in [-0.05, 0) is 31.2 Å². The summed E-state index contributed by atoms with van der Waals surface area (Å²) in [4.78, 5) is 9.57. The van der Waals surface area contributed by atoms with E-state index in [0.29, 0.717) is 12.6 Å². The summed E-state index contributed by atoms with van der Waals surface area (Å²) in [6, 6.07) is 10.6. The van der Waals surface area contributed by atoms with Crippen molar-refractivity contribution in [2.75, 3.05) is 39.9 Å². The Kier molecular flexibility index (Phi) is 8.42. The van der Waals surface area contributed by atoms with Gasteiger partial charge in [-0.1, -0.05) is 6.07 Å². The van der Waals surface area contributed by atoms with Crippen LogP contribution in [0.2, 0.25) is 0 Å². The lowest BCUT2D eigenvalue weighted by atomic mass is 10.2. The quantitative estimate of drug-likeness (QED) is 0.284. The van der Waals surface area contributed by atoms with Crippen molar-refractivity contribution in [3.8, 4) is 0 Å². The van der Waals surface area contributed by atoms with Crippen molar-refractivity contribution in [3.05, 3.63) is 52.1 Å². The Morgan fingerprint density at radius 3 is 2.77 bits per heavy atom. The lowest BCUT2D eigenvalue weighted by molar-refractivity contribution is 0.0177. The van der Waals surface area contributed by atoms with Gasteiger partial charge in [-0.2, -0.15) is 0 Å². The molecule has 10 heteroatoms. The Labute approximate surface area is 197 Å². The molecule has 1 aliphatic heterocycles. The van der Waals surface area contributed by atoms with Crippen LogP contribution in [0.15, 0.2) is 41.5 Å². The summed E-state index contributed by atoms with van der Waals surface area (Å²) < 4.78 is 7.52. The van der Waals surface area contributed by atoms with Crippen molar-refractivity contribution < 1.29 is 4.74 Å². The molecule has 3 aromatic rings. The Morgan fingerprint density at radius 1 is 1.20 bits per heavy atom. The highest BCUT2D eigenvalue weighted by atomic mass is 127. The van der Waals surface area contributed by atoms with E-state index in [0.717, 1.165) is 50.3 Å². The number of nitrogens with zero attached hydrogens (tertiary/aromatic N) is 5. The summed E-state index contributed by atoms with van der Waals surface area (Å²) >= 11 is 1.86. The van der Waals surface area contributed by atoms with Gasteiger partial charge < -0.3 is 15.4 Å². The molecule has 30 heavy (non-hydrogen) atoms. The molecule has 4 heterocycles. The highest BCUT2D eigenvalue weighted by Gasteiger charge is 2.24. The maximum atomic E-state index is 5.54. The van der Waals surface area contributed by atoms with Gasteiger partial charge in [-0.25, -0.2) is 0 Å². The number of ether oxygens (including phenoxy) is 1. The fourth-order valence-electron chi connectivity index (χ4n) is 3.52. The summed E-state index contributed by atoms with van der Waals surface area (Å²) in [5.41, 5.74) is 0.840. The van der Waals surface area contributed by atoms with E-state index in [2.05, 4.69) is 49.8 Å². The van der Waals surface area contributed by atoms with E-state index in [1.165, 1.54) is 9.75 Å². The van der Waals surface area contributed by atoms with Crippen molar-refractivity contribution in [3.63, 3.8) is 0 Å². The zero-order valence-corrected chi connectivity index (χ0v) is 20.4. The maximum Gasteiger partial charge on any atom is 0.191 e. The summed E-state index contributed by atoms with van der Waals surface area (Å²) in [6.07, 6.45) is 1.97. The minimum absolute atomic E-state index is 0. The van der Waals surface area contributed by atoms with Gasteiger partial charge in [0, 0.05) is 42.6 Å². The Bertz CT molecular complexity index is 967. The predicted molar refractivity (Wildman–Crippen MR) is 131 cm³/mol. The van der Waals surface area contributed by atoms with Gasteiger partial charge in [0.1, 0.15) is 0 Å². The number of hydrogen-bond acceptors (Lipinski definition) is 6. The van der Waals surface area contributed by atoms with Crippen LogP contribution in [0.4, 0.5) is 0 Å². The normalized spacial score (nSPS) is 16.3. The molecule has 0 aromatic carbocycles. The van der Waals surface area contributed by atoms with Gasteiger partial charge in [0.2, 0.25) is 0 Å². The molecule has 1 atom stereocenters. The first-order valence-corrected chi connectivity index (χ1v) is 10.7. The molecule has 1 unspecified atom stereocenters.